The number of benzene rings is 1. The Hall–Kier alpha value is -0.840. The van der Waals surface area contributed by atoms with E-state index in [0.29, 0.717) is 6.04 Å². The zero-order valence-corrected chi connectivity index (χ0v) is 13.5. The van der Waals surface area contributed by atoms with E-state index in [9.17, 15) is 0 Å². The van der Waals surface area contributed by atoms with Crippen molar-refractivity contribution in [3.8, 4) is 10.6 Å². The van der Waals surface area contributed by atoms with Crippen LogP contribution in [0.5, 0.6) is 0 Å². The number of nitrogens with zero attached hydrogens (tertiary/aromatic N) is 1. The van der Waals surface area contributed by atoms with Crippen molar-refractivity contribution in [1.29, 1.82) is 0 Å². The second-order valence-corrected chi connectivity index (χ2v) is 6.80. The van der Waals surface area contributed by atoms with E-state index in [1.807, 2.05) is 18.8 Å². The Morgan fingerprint density at radius 2 is 2.00 bits per heavy atom. The summed E-state index contributed by atoms with van der Waals surface area (Å²) in [6.07, 6.45) is 0. The number of thioether (sulfide) groups is 1. The van der Waals surface area contributed by atoms with E-state index in [1.165, 1.54) is 15.3 Å². The number of hydrogen-bond acceptors (Lipinski definition) is 4. The minimum Gasteiger partial charge on any atom is -0.312 e. The van der Waals surface area contributed by atoms with Crippen LogP contribution in [0.3, 0.4) is 0 Å². The fraction of sp³-hybridized carbons (Fsp3) is 0.400. The summed E-state index contributed by atoms with van der Waals surface area (Å²) in [4.78, 5) is 7.34. The number of hydrogen-bond donors (Lipinski definition) is 1. The molecule has 0 amide bonds. The largest absolute Gasteiger partial charge is 0.312 e. The quantitative estimate of drug-likeness (QED) is 0.821. The number of thiazole rings is 1. The smallest absolute Gasteiger partial charge is 0.123 e. The van der Waals surface area contributed by atoms with Crippen LogP contribution in [0.4, 0.5) is 0 Å². The molecular weight excluding hydrogens is 272 g/mol. The number of nitrogens with one attached hydrogen (secondary N) is 1. The van der Waals surface area contributed by atoms with Gasteiger partial charge in [0.15, 0.2) is 0 Å². The molecule has 102 valence electrons. The molecule has 0 spiro atoms. The predicted molar refractivity (Wildman–Crippen MR) is 86.2 cm³/mol. The van der Waals surface area contributed by atoms with Gasteiger partial charge in [0.2, 0.25) is 0 Å². The summed E-state index contributed by atoms with van der Waals surface area (Å²) in [6, 6.07) is 9.07. The van der Waals surface area contributed by atoms with Gasteiger partial charge in [-0.1, -0.05) is 19.1 Å². The van der Waals surface area contributed by atoms with Crippen molar-refractivity contribution in [1.82, 2.24) is 10.3 Å². The highest BCUT2D eigenvalue weighted by Gasteiger charge is 2.13. The Bertz CT molecular complexity index is 532. The molecule has 4 heteroatoms. The molecule has 0 radical (unpaired) electrons. The molecule has 1 aromatic heterocycles. The van der Waals surface area contributed by atoms with Crippen molar-refractivity contribution in [3.05, 3.63) is 34.8 Å². The maximum absolute atomic E-state index is 4.70. The van der Waals surface area contributed by atoms with Crippen LogP contribution in [0, 0.1) is 6.92 Å². The average molecular weight is 292 g/mol. The van der Waals surface area contributed by atoms with E-state index in [1.54, 1.807) is 11.3 Å². The third-order valence-corrected chi connectivity index (χ3v) is 5.35. The Morgan fingerprint density at radius 3 is 2.58 bits per heavy atom. The van der Waals surface area contributed by atoms with Gasteiger partial charge in [-0.2, -0.15) is 0 Å². The SMILES string of the molecule is CCSc1ccc(-c2nc(C)c(C(C)NC)s2)cc1. The van der Waals surface area contributed by atoms with Gasteiger partial charge in [0.25, 0.3) is 0 Å². The minimum atomic E-state index is 0.362. The lowest BCUT2D eigenvalue weighted by molar-refractivity contribution is 0.658. The molecule has 2 aromatic rings. The van der Waals surface area contributed by atoms with Gasteiger partial charge >= 0.3 is 0 Å². The second-order valence-electron chi connectivity index (χ2n) is 4.44. The molecule has 19 heavy (non-hydrogen) atoms. The van der Waals surface area contributed by atoms with Gasteiger partial charge in [-0.05, 0) is 38.8 Å². The molecule has 0 saturated carbocycles. The molecule has 1 atom stereocenters. The van der Waals surface area contributed by atoms with Gasteiger partial charge in [0.1, 0.15) is 5.01 Å². The minimum absolute atomic E-state index is 0.362. The zero-order chi connectivity index (χ0) is 13.8. The van der Waals surface area contributed by atoms with E-state index in [0.717, 1.165) is 16.5 Å². The van der Waals surface area contributed by atoms with E-state index in [4.69, 9.17) is 4.98 Å². The van der Waals surface area contributed by atoms with Gasteiger partial charge in [0, 0.05) is 21.4 Å². The molecule has 0 bridgehead atoms. The molecule has 1 aromatic carbocycles. The van der Waals surface area contributed by atoms with Crippen LogP contribution >= 0.6 is 23.1 Å². The van der Waals surface area contributed by atoms with Gasteiger partial charge in [-0.3, -0.25) is 0 Å². The number of rotatable bonds is 5. The Kier molecular flexibility index (Phi) is 5.02. The van der Waals surface area contributed by atoms with Gasteiger partial charge in [-0.25, -0.2) is 4.98 Å². The normalized spacial score (nSPS) is 12.6. The first-order valence-electron chi connectivity index (χ1n) is 6.53. The Balaban J connectivity index is 2.26. The third kappa shape index (κ3) is 3.38. The topological polar surface area (TPSA) is 24.9 Å². The second kappa shape index (κ2) is 6.55. The number of aryl methyl sites for hydroxylation is 1. The summed E-state index contributed by atoms with van der Waals surface area (Å²) in [5.74, 6) is 1.11. The van der Waals surface area contributed by atoms with Crippen molar-refractivity contribution >= 4 is 23.1 Å². The van der Waals surface area contributed by atoms with Gasteiger partial charge < -0.3 is 5.32 Å². The lowest BCUT2D eigenvalue weighted by Crippen LogP contribution is -2.11. The molecule has 1 heterocycles. The van der Waals surface area contributed by atoms with Crippen LogP contribution in [-0.2, 0) is 0 Å². The highest BCUT2D eigenvalue weighted by atomic mass is 32.2. The van der Waals surface area contributed by atoms with E-state index in [2.05, 4.69) is 50.4 Å². The van der Waals surface area contributed by atoms with Crippen LogP contribution in [-0.4, -0.2) is 17.8 Å². The maximum Gasteiger partial charge on any atom is 0.123 e. The Labute approximate surface area is 123 Å². The van der Waals surface area contributed by atoms with Crippen LogP contribution in [0.25, 0.3) is 10.6 Å². The standard InChI is InChI=1S/C15H20N2S2/c1-5-18-13-8-6-12(7-9-13)15-17-11(3)14(19-15)10(2)16-4/h6-10,16H,5H2,1-4H3. The molecule has 2 nitrogen and oxygen atoms in total. The molecule has 0 fully saturated rings. The molecule has 1 N–H and O–H groups in total. The zero-order valence-electron chi connectivity index (χ0n) is 11.9. The lowest BCUT2D eigenvalue weighted by atomic mass is 10.2. The highest BCUT2D eigenvalue weighted by molar-refractivity contribution is 7.99. The molecule has 2 rings (SSSR count). The first-order valence-corrected chi connectivity index (χ1v) is 8.33. The first kappa shape index (κ1) is 14.6. The fourth-order valence-electron chi connectivity index (χ4n) is 1.92. The number of aromatic nitrogens is 1. The van der Waals surface area contributed by atoms with Crippen LogP contribution in [0.2, 0.25) is 0 Å². The molecule has 0 aliphatic rings. The van der Waals surface area contributed by atoms with E-state index < -0.39 is 0 Å². The molecule has 1 unspecified atom stereocenters. The van der Waals surface area contributed by atoms with E-state index in [-0.39, 0.29) is 0 Å². The molecular formula is C15H20N2S2. The van der Waals surface area contributed by atoms with Crippen LogP contribution in [0.15, 0.2) is 29.2 Å². The van der Waals surface area contributed by atoms with Crippen molar-refractivity contribution in [3.63, 3.8) is 0 Å². The summed E-state index contributed by atoms with van der Waals surface area (Å²) in [7, 11) is 1.99. The van der Waals surface area contributed by atoms with Crippen molar-refractivity contribution in [2.24, 2.45) is 0 Å². The highest BCUT2D eigenvalue weighted by Crippen LogP contribution is 2.32. The monoisotopic (exact) mass is 292 g/mol. The molecule has 0 saturated heterocycles. The van der Waals surface area contributed by atoms with Crippen LogP contribution in [0.1, 0.15) is 30.5 Å². The lowest BCUT2D eigenvalue weighted by Gasteiger charge is -2.06. The fourth-order valence-corrected chi connectivity index (χ4v) is 3.72. The average Bonchev–Trinajstić information content (AvgIpc) is 2.81. The van der Waals surface area contributed by atoms with Gasteiger partial charge in [0.05, 0.1) is 5.69 Å². The third-order valence-electron chi connectivity index (χ3n) is 3.07. The summed E-state index contributed by atoms with van der Waals surface area (Å²) >= 11 is 3.65. The van der Waals surface area contributed by atoms with Crippen molar-refractivity contribution in [2.45, 2.75) is 31.7 Å². The summed E-state index contributed by atoms with van der Waals surface area (Å²) in [6.45, 7) is 6.43. The van der Waals surface area contributed by atoms with Crippen molar-refractivity contribution < 1.29 is 0 Å². The van der Waals surface area contributed by atoms with Crippen molar-refractivity contribution in [2.75, 3.05) is 12.8 Å². The summed E-state index contributed by atoms with van der Waals surface area (Å²) < 4.78 is 0. The molecule has 0 aliphatic carbocycles. The maximum atomic E-state index is 4.70. The van der Waals surface area contributed by atoms with Crippen LogP contribution < -0.4 is 5.32 Å². The predicted octanol–water partition coefficient (Wildman–Crippen LogP) is 4.51. The first-order chi connectivity index (χ1) is 9.15. The summed E-state index contributed by atoms with van der Waals surface area (Å²) in [5.41, 5.74) is 2.34. The van der Waals surface area contributed by atoms with Gasteiger partial charge in [-0.15, -0.1) is 23.1 Å². The van der Waals surface area contributed by atoms with E-state index >= 15 is 0 Å². The summed E-state index contributed by atoms with van der Waals surface area (Å²) in [5, 5.41) is 4.39. The molecule has 0 aliphatic heterocycles. The Morgan fingerprint density at radius 1 is 1.32 bits per heavy atom.